The molecule has 0 fully saturated rings. The summed E-state index contributed by atoms with van der Waals surface area (Å²) in [5.41, 5.74) is -2.01. The number of aliphatic hydroxyl groups is 15. The van der Waals surface area contributed by atoms with Crippen LogP contribution in [0, 0.1) is 17.8 Å². The molecule has 0 rings (SSSR count). The predicted octanol–water partition coefficient (Wildman–Crippen LogP) is -7.26. The van der Waals surface area contributed by atoms with Crippen LogP contribution in [-0.2, 0) is 14.2 Å². The number of nitrogens with one attached hydrogen (secondary N) is 2. The molecule has 0 bridgehead atoms. The van der Waals surface area contributed by atoms with Gasteiger partial charge in [-0.3, -0.25) is 0 Å². The van der Waals surface area contributed by atoms with Gasteiger partial charge in [-0.25, -0.2) is 0 Å². The summed E-state index contributed by atoms with van der Waals surface area (Å²) in [6.45, 7) is 1.80. The van der Waals surface area contributed by atoms with Crippen LogP contribution in [-0.4, -0.2) is 207 Å². The lowest BCUT2D eigenvalue weighted by atomic mass is 9.96. The van der Waals surface area contributed by atoms with Gasteiger partial charge >= 0.3 is 0 Å². The van der Waals surface area contributed by atoms with Crippen LogP contribution >= 0.6 is 12.2 Å². The van der Waals surface area contributed by atoms with Crippen molar-refractivity contribution >= 4 is 17.3 Å². The largest absolute Gasteiger partial charge is 0.396 e. The Balaban J connectivity index is 6.47. The molecule has 17 N–H and O–H groups in total. The summed E-state index contributed by atoms with van der Waals surface area (Å²) in [7, 11) is 0. The molecule has 0 spiro atoms. The van der Waals surface area contributed by atoms with E-state index in [1.54, 1.807) is 6.92 Å². The lowest BCUT2D eigenvalue weighted by molar-refractivity contribution is -0.245. The molecule has 0 amide bonds. The van der Waals surface area contributed by atoms with E-state index in [0.29, 0.717) is 13.0 Å². The maximum absolute atomic E-state index is 10.6. The molecule has 0 aliphatic heterocycles. The fourth-order valence-electron chi connectivity index (χ4n) is 4.23. The number of thiocarbonyl (C=S) groups is 1. The second-order valence-electron chi connectivity index (χ2n) is 12.7. The van der Waals surface area contributed by atoms with E-state index in [4.69, 9.17) is 26.4 Å². The average molecular weight is 757 g/mol. The topological polar surface area (TPSA) is 355 Å². The summed E-state index contributed by atoms with van der Waals surface area (Å²) in [6, 6.07) is 0. The molecule has 0 aromatic rings. The Labute approximate surface area is 296 Å². The van der Waals surface area contributed by atoms with Gasteiger partial charge in [0.25, 0.3) is 0 Å². The molecule has 0 aromatic heterocycles. The lowest BCUT2D eigenvalue weighted by Gasteiger charge is -2.39. The first kappa shape index (κ1) is 49.0. The Bertz CT molecular complexity index is 823. The van der Waals surface area contributed by atoms with E-state index in [1.165, 1.54) is 20.8 Å². The van der Waals surface area contributed by atoms with Crippen molar-refractivity contribution in [2.24, 2.45) is 17.8 Å². The minimum Gasteiger partial charge on any atom is -0.396 e. The molecule has 0 saturated carbocycles. The van der Waals surface area contributed by atoms with E-state index in [9.17, 15) is 76.6 Å². The van der Waals surface area contributed by atoms with Gasteiger partial charge in [0, 0.05) is 44.1 Å². The molecular weight excluding hydrogens is 696 g/mol. The van der Waals surface area contributed by atoms with Crippen molar-refractivity contribution in [3.05, 3.63) is 0 Å². The van der Waals surface area contributed by atoms with Gasteiger partial charge in [0.05, 0.1) is 38.1 Å². The maximum atomic E-state index is 10.6. The Kier molecular flexibility index (Phi) is 23.8. The minimum atomic E-state index is -2.27. The molecule has 21 heteroatoms. The van der Waals surface area contributed by atoms with E-state index in [0.717, 1.165) is 0 Å². The molecule has 16 atom stereocenters. The van der Waals surface area contributed by atoms with Gasteiger partial charge in [-0.2, -0.15) is 0 Å². The van der Waals surface area contributed by atoms with Crippen molar-refractivity contribution in [3.63, 3.8) is 0 Å². The normalized spacial score (nSPS) is 22.6. The zero-order valence-corrected chi connectivity index (χ0v) is 29.5. The van der Waals surface area contributed by atoms with Gasteiger partial charge in [0.1, 0.15) is 42.2 Å². The molecule has 0 aliphatic carbocycles. The van der Waals surface area contributed by atoms with Crippen LogP contribution in [0.4, 0.5) is 0 Å². The highest BCUT2D eigenvalue weighted by Crippen LogP contribution is 2.20. The molecule has 0 saturated heterocycles. The minimum absolute atomic E-state index is 0.144. The van der Waals surface area contributed by atoms with Gasteiger partial charge in [-0.05, 0) is 18.6 Å². The zero-order chi connectivity index (χ0) is 38.9. The van der Waals surface area contributed by atoms with Gasteiger partial charge in [-0.1, -0.05) is 27.7 Å². The zero-order valence-electron chi connectivity index (χ0n) is 28.7. The third-order valence-corrected chi connectivity index (χ3v) is 8.34. The molecule has 0 radical (unpaired) electrons. The molecule has 0 heterocycles. The van der Waals surface area contributed by atoms with Crippen LogP contribution in [0.25, 0.3) is 0 Å². The van der Waals surface area contributed by atoms with E-state index >= 15 is 0 Å². The second-order valence-corrected chi connectivity index (χ2v) is 13.1. The Morgan fingerprint density at radius 3 is 1.04 bits per heavy atom. The number of rotatable bonds is 27. The summed E-state index contributed by atoms with van der Waals surface area (Å²) in [5.74, 6) is -2.79. The number of hydrogen-bond acceptors (Lipinski definition) is 19. The molecule has 7 unspecified atom stereocenters. The van der Waals surface area contributed by atoms with Crippen molar-refractivity contribution in [1.29, 1.82) is 0 Å². The fourth-order valence-corrected chi connectivity index (χ4v) is 4.55. The molecule has 50 heavy (non-hydrogen) atoms. The monoisotopic (exact) mass is 756 g/mol. The first-order valence-electron chi connectivity index (χ1n) is 16.2. The lowest BCUT2D eigenvalue weighted by Crippen LogP contribution is -2.63. The van der Waals surface area contributed by atoms with Crippen LogP contribution in [0.1, 0.15) is 34.1 Å². The predicted molar refractivity (Wildman–Crippen MR) is 175 cm³/mol. The van der Waals surface area contributed by atoms with Crippen molar-refractivity contribution in [1.82, 2.24) is 10.6 Å². The number of hydrogen-bond donors (Lipinski definition) is 17. The van der Waals surface area contributed by atoms with Crippen LogP contribution in [0.5, 0.6) is 0 Å². The van der Waals surface area contributed by atoms with Crippen LogP contribution in [0.2, 0.25) is 0 Å². The Hall–Kier alpha value is -1.03. The highest BCUT2D eigenvalue weighted by atomic mass is 32.1. The van der Waals surface area contributed by atoms with E-state index in [1.807, 2.05) is 0 Å². The van der Waals surface area contributed by atoms with E-state index in [-0.39, 0.29) is 5.11 Å². The Morgan fingerprint density at radius 2 is 0.800 bits per heavy atom. The third kappa shape index (κ3) is 15.5. The first-order valence-corrected chi connectivity index (χ1v) is 16.6. The summed E-state index contributed by atoms with van der Waals surface area (Å²) < 4.78 is 16.0. The first-order chi connectivity index (χ1) is 23.2. The number of ether oxygens (including phenoxy) is 3. The maximum Gasteiger partial charge on any atom is 0.183 e. The summed E-state index contributed by atoms with van der Waals surface area (Å²) >= 11 is 5.30. The third-order valence-electron chi connectivity index (χ3n) is 8.09. The highest BCUT2D eigenvalue weighted by molar-refractivity contribution is 7.80. The van der Waals surface area contributed by atoms with Crippen molar-refractivity contribution in [3.8, 4) is 0 Å². The van der Waals surface area contributed by atoms with Crippen molar-refractivity contribution in [2.45, 2.75) is 113 Å². The van der Waals surface area contributed by atoms with Gasteiger partial charge in [0.15, 0.2) is 24.0 Å². The van der Waals surface area contributed by atoms with Gasteiger partial charge in [0.2, 0.25) is 0 Å². The van der Waals surface area contributed by atoms with Crippen LogP contribution in [0.3, 0.4) is 0 Å². The smallest absolute Gasteiger partial charge is 0.183 e. The Morgan fingerprint density at radius 1 is 0.520 bits per heavy atom. The molecule has 300 valence electrons. The molecular formula is C29H60N2O18S. The highest BCUT2D eigenvalue weighted by Gasteiger charge is 2.42. The van der Waals surface area contributed by atoms with E-state index in [2.05, 4.69) is 10.6 Å². The van der Waals surface area contributed by atoms with Gasteiger partial charge in [-0.15, -0.1) is 0 Å². The fraction of sp³-hybridized carbons (Fsp3) is 0.966. The SMILES string of the molecule is CCCNC(=S)NC(CO[C@@H](O)C(O)[C@@H](O)[C@H](O)C(C)CO)(CO[C@@H](O)[C@H](O)C(O)[C@@H](O)C(C)CO)CO[C@H](O)[C@H](O)C(O)[C@H](O)C(C)CO. The van der Waals surface area contributed by atoms with Crippen LogP contribution in [0.15, 0.2) is 0 Å². The standard InChI is InChI=1S/C29H60N2O18S/c1-5-6-30-28(50)31-29(10-47-25(44)22(41)19(38)16(35)13(2)7-32,11-48-26(45)23(42)20(39)17(36)14(3)8-33)12-49-27(46)24(43)21(40)18(37)15(4)9-34/h13-27,32-46H,5-12H2,1-4H3,(H2,30,31,50)/t13?,14?,15?,16-,17-,18+,19+,20?,21?,22?,23-,24-,25-,26+,27-,29?/m1/s1. The quantitative estimate of drug-likeness (QED) is 0.0273. The summed E-state index contributed by atoms with van der Waals surface area (Å²) in [4.78, 5) is 0. The summed E-state index contributed by atoms with van der Waals surface area (Å²) in [5, 5.41) is 158. The summed E-state index contributed by atoms with van der Waals surface area (Å²) in [6.07, 6.45) is -24.0. The molecule has 20 nitrogen and oxygen atoms in total. The van der Waals surface area contributed by atoms with Gasteiger partial charge < -0.3 is 101 Å². The molecule has 0 aromatic carbocycles. The average Bonchev–Trinajstić information content (AvgIpc) is 3.12. The molecule has 0 aliphatic rings. The second kappa shape index (κ2) is 24.3. The number of aliphatic hydroxyl groups excluding tert-OH is 15. The van der Waals surface area contributed by atoms with Crippen molar-refractivity contribution in [2.75, 3.05) is 46.2 Å². The van der Waals surface area contributed by atoms with E-state index < -0.39 is 137 Å². The van der Waals surface area contributed by atoms with Crippen LogP contribution < -0.4 is 10.6 Å². The van der Waals surface area contributed by atoms with Crippen molar-refractivity contribution < 1.29 is 90.8 Å².